The molecule has 2 aromatic carbocycles. The molecular weight excluding hydrogens is 298 g/mol. The van der Waals surface area contributed by atoms with Crippen molar-refractivity contribution in [1.29, 1.82) is 0 Å². The van der Waals surface area contributed by atoms with Crippen LogP contribution in [0.1, 0.15) is 42.6 Å². The molecule has 0 bridgehead atoms. The van der Waals surface area contributed by atoms with Gasteiger partial charge in [0.25, 0.3) is 0 Å². The molecule has 0 saturated heterocycles. The summed E-state index contributed by atoms with van der Waals surface area (Å²) in [6, 6.07) is 17.8. The first-order valence-electron chi connectivity index (χ1n) is 6.64. The molecule has 2 rings (SSSR count). The van der Waals surface area contributed by atoms with Gasteiger partial charge in [0.15, 0.2) is 0 Å². The predicted molar refractivity (Wildman–Crippen MR) is 85.3 cm³/mol. The number of hydrogen-bond donors (Lipinski definition) is 1. The standard InChI is InChI=1S/C17H20BrN/c1-12-7-9-15(10-8-12)13(2)19-14(3)16-5-4-6-17(18)11-16/h4-11,13-14,19H,1-3H3. The van der Waals surface area contributed by atoms with Gasteiger partial charge in [-0.2, -0.15) is 0 Å². The van der Waals surface area contributed by atoms with Gasteiger partial charge in [-0.25, -0.2) is 0 Å². The van der Waals surface area contributed by atoms with E-state index in [1.807, 2.05) is 0 Å². The van der Waals surface area contributed by atoms with Gasteiger partial charge in [-0.1, -0.05) is 57.9 Å². The van der Waals surface area contributed by atoms with Crippen molar-refractivity contribution in [3.63, 3.8) is 0 Å². The van der Waals surface area contributed by atoms with Crippen LogP contribution < -0.4 is 5.32 Å². The van der Waals surface area contributed by atoms with Crippen LogP contribution in [0, 0.1) is 6.92 Å². The lowest BCUT2D eigenvalue weighted by Gasteiger charge is -2.21. The Balaban J connectivity index is 2.06. The molecule has 0 radical (unpaired) electrons. The second kappa shape index (κ2) is 6.36. The Morgan fingerprint density at radius 3 is 2.16 bits per heavy atom. The van der Waals surface area contributed by atoms with Crippen molar-refractivity contribution in [3.8, 4) is 0 Å². The van der Waals surface area contributed by atoms with E-state index in [1.165, 1.54) is 16.7 Å². The molecular formula is C17H20BrN. The highest BCUT2D eigenvalue weighted by atomic mass is 79.9. The third-order valence-corrected chi connectivity index (χ3v) is 3.92. The molecule has 0 aliphatic rings. The van der Waals surface area contributed by atoms with Crippen molar-refractivity contribution >= 4 is 15.9 Å². The van der Waals surface area contributed by atoms with Crippen molar-refractivity contribution in [2.75, 3.05) is 0 Å². The van der Waals surface area contributed by atoms with E-state index >= 15 is 0 Å². The number of benzene rings is 2. The maximum Gasteiger partial charge on any atom is 0.0297 e. The van der Waals surface area contributed by atoms with Crippen molar-refractivity contribution in [2.45, 2.75) is 32.9 Å². The first kappa shape index (κ1) is 14.3. The lowest BCUT2D eigenvalue weighted by molar-refractivity contribution is 0.494. The molecule has 0 aromatic heterocycles. The van der Waals surface area contributed by atoms with Gasteiger partial charge in [-0.15, -0.1) is 0 Å². The molecule has 1 N–H and O–H groups in total. The lowest BCUT2D eigenvalue weighted by Crippen LogP contribution is -2.22. The third-order valence-electron chi connectivity index (χ3n) is 3.43. The van der Waals surface area contributed by atoms with E-state index in [-0.39, 0.29) is 0 Å². The van der Waals surface area contributed by atoms with Gasteiger partial charge in [0, 0.05) is 16.6 Å². The average Bonchev–Trinajstić information content (AvgIpc) is 2.39. The molecule has 19 heavy (non-hydrogen) atoms. The second-order valence-electron chi connectivity index (χ2n) is 5.08. The van der Waals surface area contributed by atoms with Crippen LogP contribution in [0.15, 0.2) is 53.0 Å². The summed E-state index contributed by atoms with van der Waals surface area (Å²) in [7, 11) is 0. The van der Waals surface area contributed by atoms with Gasteiger partial charge < -0.3 is 5.32 Å². The highest BCUT2D eigenvalue weighted by molar-refractivity contribution is 9.10. The molecule has 0 aliphatic heterocycles. The first-order valence-corrected chi connectivity index (χ1v) is 7.43. The van der Waals surface area contributed by atoms with Crippen LogP contribution in [0.2, 0.25) is 0 Å². The Morgan fingerprint density at radius 1 is 0.895 bits per heavy atom. The minimum absolute atomic E-state index is 0.328. The fourth-order valence-corrected chi connectivity index (χ4v) is 2.62. The van der Waals surface area contributed by atoms with Crippen LogP contribution in [0.3, 0.4) is 0 Å². The smallest absolute Gasteiger partial charge is 0.0297 e. The molecule has 1 nitrogen and oxygen atoms in total. The minimum atomic E-state index is 0.328. The zero-order valence-electron chi connectivity index (χ0n) is 11.7. The molecule has 2 heteroatoms. The largest absolute Gasteiger partial charge is 0.304 e. The van der Waals surface area contributed by atoms with Crippen LogP contribution in [-0.4, -0.2) is 0 Å². The van der Waals surface area contributed by atoms with E-state index < -0.39 is 0 Å². The normalized spacial score (nSPS) is 14.1. The molecule has 2 unspecified atom stereocenters. The molecule has 0 saturated carbocycles. The number of halogens is 1. The van der Waals surface area contributed by atoms with Gasteiger partial charge in [0.2, 0.25) is 0 Å². The van der Waals surface area contributed by atoms with Gasteiger partial charge in [-0.05, 0) is 44.0 Å². The SMILES string of the molecule is Cc1ccc(C(C)NC(C)c2cccc(Br)c2)cc1. The highest BCUT2D eigenvalue weighted by Gasteiger charge is 2.11. The molecule has 0 aliphatic carbocycles. The van der Waals surface area contributed by atoms with Gasteiger partial charge in [0.1, 0.15) is 0 Å². The van der Waals surface area contributed by atoms with Gasteiger partial charge in [-0.3, -0.25) is 0 Å². The van der Waals surface area contributed by atoms with Crippen molar-refractivity contribution in [1.82, 2.24) is 5.32 Å². The van der Waals surface area contributed by atoms with Crippen molar-refractivity contribution in [3.05, 3.63) is 69.7 Å². The quantitative estimate of drug-likeness (QED) is 0.820. The number of rotatable bonds is 4. The molecule has 0 spiro atoms. The lowest BCUT2D eigenvalue weighted by atomic mass is 10.0. The average molecular weight is 318 g/mol. The number of aryl methyl sites for hydroxylation is 1. The Kier molecular flexibility index (Phi) is 4.78. The number of hydrogen-bond acceptors (Lipinski definition) is 1. The first-order chi connectivity index (χ1) is 9.06. The van der Waals surface area contributed by atoms with Gasteiger partial charge >= 0.3 is 0 Å². The van der Waals surface area contributed by atoms with E-state index in [4.69, 9.17) is 0 Å². The summed E-state index contributed by atoms with van der Waals surface area (Å²) in [6.07, 6.45) is 0. The van der Waals surface area contributed by atoms with Crippen LogP contribution >= 0.6 is 15.9 Å². The Morgan fingerprint density at radius 2 is 1.53 bits per heavy atom. The summed E-state index contributed by atoms with van der Waals surface area (Å²) in [6.45, 7) is 6.53. The predicted octanol–water partition coefficient (Wildman–Crippen LogP) is 5.17. The number of nitrogens with one attached hydrogen (secondary N) is 1. The van der Waals surface area contributed by atoms with Crippen LogP contribution in [0.4, 0.5) is 0 Å². The molecule has 100 valence electrons. The maximum absolute atomic E-state index is 3.64. The summed E-state index contributed by atoms with van der Waals surface area (Å²) < 4.78 is 1.13. The summed E-state index contributed by atoms with van der Waals surface area (Å²) in [5.41, 5.74) is 3.93. The summed E-state index contributed by atoms with van der Waals surface area (Å²) in [4.78, 5) is 0. The summed E-state index contributed by atoms with van der Waals surface area (Å²) in [5.74, 6) is 0. The molecule has 2 aromatic rings. The molecule has 2 atom stereocenters. The molecule has 0 fully saturated rings. The fraction of sp³-hybridized carbons (Fsp3) is 0.294. The fourth-order valence-electron chi connectivity index (χ4n) is 2.20. The van der Waals surface area contributed by atoms with Crippen molar-refractivity contribution in [2.24, 2.45) is 0 Å². The zero-order valence-corrected chi connectivity index (χ0v) is 13.2. The maximum atomic E-state index is 3.64. The van der Waals surface area contributed by atoms with E-state index in [1.54, 1.807) is 0 Å². The van der Waals surface area contributed by atoms with E-state index in [2.05, 4.69) is 90.5 Å². The Labute approximate surface area is 124 Å². The zero-order chi connectivity index (χ0) is 13.8. The third kappa shape index (κ3) is 3.92. The topological polar surface area (TPSA) is 12.0 Å². The van der Waals surface area contributed by atoms with E-state index in [0.29, 0.717) is 12.1 Å². The molecule has 0 heterocycles. The highest BCUT2D eigenvalue weighted by Crippen LogP contribution is 2.22. The van der Waals surface area contributed by atoms with Gasteiger partial charge in [0.05, 0.1) is 0 Å². The monoisotopic (exact) mass is 317 g/mol. The van der Waals surface area contributed by atoms with Crippen LogP contribution in [-0.2, 0) is 0 Å². The van der Waals surface area contributed by atoms with E-state index in [9.17, 15) is 0 Å². The second-order valence-corrected chi connectivity index (χ2v) is 5.99. The molecule has 0 amide bonds. The Bertz CT molecular complexity index is 533. The van der Waals surface area contributed by atoms with Crippen LogP contribution in [0.5, 0.6) is 0 Å². The summed E-state index contributed by atoms with van der Waals surface area (Å²) in [5, 5.41) is 3.64. The summed E-state index contributed by atoms with van der Waals surface area (Å²) >= 11 is 3.52. The van der Waals surface area contributed by atoms with Crippen LogP contribution in [0.25, 0.3) is 0 Å². The van der Waals surface area contributed by atoms with E-state index in [0.717, 1.165) is 4.47 Å². The minimum Gasteiger partial charge on any atom is -0.304 e. The Hall–Kier alpha value is -1.12. The van der Waals surface area contributed by atoms with Crippen molar-refractivity contribution < 1.29 is 0 Å².